The molecule has 0 saturated carbocycles. The van der Waals surface area contributed by atoms with Gasteiger partial charge in [-0.25, -0.2) is 17.9 Å². The zero-order valence-electron chi connectivity index (χ0n) is 12.5. The Hall–Kier alpha value is -2.35. The number of benzene rings is 1. The van der Waals surface area contributed by atoms with Crippen molar-refractivity contribution in [2.24, 2.45) is 0 Å². The van der Waals surface area contributed by atoms with Crippen LogP contribution in [0.3, 0.4) is 0 Å². The Kier molecular flexibility index (Phi) is 3.85. The van der Waals surface area contributed by atoms with Crippen molar-refractivity contribution in [3.63, 3.8) is 0 Å². The summed E-state index contributed by atoms with van der Waals surface area (Å²) < 4.78 is 30.9. The van der Waals surface area contributed by atoms with Gasteiger partial charge in [-0.2, -0.15) is 4.68 Å². The highest BCUT2D eigenvalue weighted by atomic mass is 32.2. The van der Waals surface area contributed by atoms with E-state index in [2.05, 4.69) is 0 Å². The summed E-state index contributed by atoms with van der Waals surface area (Å²) in [6, 6.07) is 9.24. The fourth-order valence-corrected chi connectivity index (χ4v) is 4.44. The van der Waals surface area contributed by atoms with Crippen LogP contribution in [0.4, 0.5) is 4.79 Å². The summed E-state index contributed by atoms with van der Waals surface area (Å²) in [5, 5.41) is 0. The maximum atomic E-state index is 12.4. The van der Waals surface area contributed by atoms with E-state index < -0.39 is 27.5 Å². The van der Waals surface area contributed by atoms with Gasteiger partial charge in [-0.3, -0.25) is 4.79 Å². The Balaban J connectivity index is 1.96. The van der Waals surface area contributed by atoms with Crippen molar-refractivity contribution in [1.82, 2.24) is 9.36 Å². The maximum absolute atomic E-state index is 12.4. The summed E-state index contributed by atoms with van der Waals surface area (Å²) in [5.74, 6) is 0.223. The summed E-state index contributed by atoms with van der Waals surface area (Å²) in [6.07, 6.45) is -0.426. The van der Waals surface area contributed by atoms with Crippen molar-refractivity contribution < 1.29 is 17.9 Å². The molecule has 2 heterocycles. The van der Waals surface area contributed by atoms with Crippen LogP contribution in [-0.2, 0) is 9.84 Å². The first-order valence-electron chi connectivity index (χ1n) is 7.16. The number of hydrogen-bond acceptors (Lipinski definition) is 5. The highest BCUT2D eigenvalue weighted by Gasteiger charge is 2.33. The molecule has 0 spiro atoms. The average molecular weight is 336 g/mol. The second-order valence-corrected chi connectivity index (χ2v) is 7.75. The second kappa shape index (κ2) is 5.69. The Morgan fingerprint density at radius 1 is 1.26 bits per heavy atom. The fraction of sp³-hybridized carbons (Fsp3) is 0.333. The number of rotatable bonds is 2. The molecular formula is C15H16N2O5S. The van der Waals surface area contributed by atoms with E-state index in [0.717, 1.165) is 4.68 Å². The maximum Gasteiger partial charge on any atom is 0.438 e. The molecule has 2 aromatic rings. The summed E-state index contributed by atoms with van der Waals surface area (Å²) in [7, 11) is -3.18. The highest BCUT2D eigenvalue weighted by Crippen LogP contribution is 2.23. The minimum absolute atomic E-state index is 0.0159. The fourth-order valence-electron chi connectivity index (χ4n) is 2.75. The van der Waals surface area contributed by atoms with Crippen LogP contribution in [0.15, 0.2) is 41.2 Å². The molecule has 0 N–H and O–H groups in total. The number of hydrogen-bond donors (Lipinski definition) is 0. The Labute approximate surface area is 133 Å². The second-order valence-electron chi connectivity index (χ2n) is 5.52. The van der Waals surface area contributed by atoms with E-state index in [-0.39, 0.29) is 11.5 Å². The first-order chi connectivity index (χ1) is 10.9. The van der Waals surface area contributed by atoms with E-state index in [9.17, 15) is 18.0 Å². The normalized spacial score (nSPS) is 19.6. The lowest BCUT2D eigenvalue weighted by molar-refractivity contribution is 0.190. The Morgan fingerprint density at radius 3 is 2.57 bits per heavy atom. The zero-order valence-corrected chi connectivity index (χ0v) is 13.3. The number of carbonyl (C=O) groups excluding carboxylic acids is 1. The van der Waals surface area contributed by atoms with Gasteiger partial charge >= 0.3 is 6.09 Å². The molecule has 122 valence electrons. The van der Waals surface area contributed by atoms with Crippen LogP contribution >= 0.6 is 0 Å². The topological polar surface area (TPSA) is 87.4 Å². The molecule has 1 atom stereocenters. The molecule has 1 saturated heterocycles. The van der Waals surface area contributed by atoms with Gasteiger partial charge in [-0.1, -0.05) is 18.2 Å². The summed E-state index contributed by atoms with van der Waals surface area (Å²) in [5.41, 5.74) is -0.00478. The lowest BCUT2D eigenvalue weighted by atomic mass is 10.3. The highest BCUT2D eigenvalue weighted by molar-refractivity contribution is 7.91. The number of nitrogens with zero attached hydrogens (tertiary/aromatic N) is 2. The number of ether oxygens (including phenoxy) is 1. The first kappa shape index (κ1) is 15.5. The van der Waals surface area contributed by atoms with Crippen LogP contribution in [0, 0.1) is 6.92 Å². The van der Waals surface area contributed by atoms with Crippen molar-refractivity contribution in [1.29, 1.82) is 0 Å². The molecule has 1 aliphatic heterocycles. The van der Waals surface area contributed by atoms with Crippen molar-refractivity contribution >= 4 is 15.9 Å². The third kappa shape index (κ3) is 3.07. The van der Waals surface area contributed by atoms with E-state index in [0.29, 0.717) is 17.9 Å². The predicted molar refractivity (Wildman–Crippen MR) is 83.6 cm³/mol. The molecular weight excluding hydrogens is 320 g/mol. The predicted octanol–water partition coefficient (Wildman–Crippen LogP) is 1.36. The van der Waals surface area contributed by atoms with Gasteiger partial charge in [0.2, 0.25) is 0 Å². The Bertz CT molecular complexity index is 896. The van der Waals surface area contributed by atoms with Crippen LogP contribution in [0.2, 0.25) is 0 Å². The third-order valence-corrected chi connectivity index (χ3v) is 5.53. The van der Waals surface area contributed by atoms with Crippen LogP contribution < -0.4 is 10.3 Å². The molecule has 1 aromatic carbocycles. The molecule has 7 nitrogen and oxygen atoms in total. The van der Waals surface area contributed by atoms with Gasteiger partial charge in [0.15, 0.2) is 9.84 Å². The molecule has 0 bridgehead atoms. The smallest absolute Gasteiger partial charge is 0.409 e. The van der Waals surface area contributed by atoms with Gasteiger partial charge in [0.05, 0.1) is 17.5 Å². The molecule has 1 aliphatic rings. The van der Waals surface area contributed by atoms with E-state index in [1.54, 1.807) is 37.3 Å². The molecule has 1 aromatic heterocycles. The number of sulfone groups is 1. The van der Waals surface area contributed by atoms with Crippen LogP contribution in [0.1, 0.15) is 18.2 Å². The number of para-hydroxylation sites is 1. The Morgan fingerprint density at radius 2 is 1.96 bits per heavy atom. The minimum atomic E-state index is -3.18. The van der Waals surface area contributed by atoms with E-state index >= 15 is 0 Å². The van der Waals surface area contributed by atoms with Gasteiger partial charge in [0, 0.05) is 11.8 Å². The number of aromatic nitrogens is 2. The van der Waals surface area contributed by atoms with Gasteiger partial charge < -0.3 is 4.74 Å². The molecule has 8 heteroatoms. The molecule has 23 heavy (non-hydrogen) atoms. The first-order valence-corrected chi connectivity index (χ1v) is 8.98. The van der Waals surface area contributed by atoms with Gasteiger partial charge in [0.25, 0.3) is 5.56 Å². The van der Waals surface area contributed by atoms with E-state index in [4.69, 9.17) is 4.74 Å². The van der Waals surface area contributed by atoms with Gasteiger partial charge in [-0.05, 0) is 25.5 Å². The SMILES string of the molecule is Cc1cc(=O)n(C2CCS(=O)(=O)C2)n1C(=O)Oc1ccccc1. The molecule has 3 rings (SSSR count). The van der Waals surface area contributed by atoms with Crippen molar-refractivity contribution in [2.45, 2.75) is 19.4 Å². The summed E-state index contributed by atoms with van der Waals surface area (Å²) in [6.45, 7) is 1.60. The van der Waals surface area contributed by atoms with Crippen molar-refractivity contribution in [3.8, 4) is 5.75 Å². The monoisotopic (exact) mass is 336 g/mol. The van der Waals surface area contributed by atoms with Crippen LogP contribution in [0.25, 0.3) is 0 Å². The van der Waals surface area contributed by atoms with Crippen molar-refractivity contribution in [3.05, 3.63) is 52.4 Å². The average Bonchev–Trinajstić information content (AvgIpc) is 2.98. The van der Waals surface area contributed by atoms with Crippen molar-refractivity contribution in [2.75, 3.05) is 11.5 Å². The molecule has 1 fully saturated rings. The lowest BCUT2D eigenvalue weighted by Gasteiger charge is -2.16. The molecule has 0 radical (unpaired) electrons. The standard InChI is InChI=1S/C15H16N2O5S/c1-11-9-14(18)17(12-7-8-23(20,21)10-12)16(11)15(19)22-13-5-3-2-4-6-13/h2-6,9,12H,7-8,10H2,1H3. The van der Waals surface area contributed by atoms with E-state index in [1.807, 2.05) is 0 Å². The van der Waals surface area contributed by atoms with Gasteiger partial charge in [0.1, 0.15) is 5.75 Å². The lowest BCUT2D eigenvalue weighted by Crippen LogP contribution is -2.34. The zero-order chi connectivity index (χ0) is 16.6. The quantitative estimate of drug-likeness (QED) is 0.826. The van der Waals surface area contributed by atoms with Gasteiger partial charge in [-0.15, -0.1) is 0 Å². The van der Waals surface area contributed by atoms with E-state index in [1.165, 1.54) is 10.7 Å². The largest absolute Gasteiger partial charge is 0.438 e. The third-order valence-electron chi connectivity index (χ3n) is 3.78. The molecule has 0 amide bonds. The number of carbonyl (C=O) groups is 1. The minimum Gasteiger partial charge on any atom is -0.409 e. The van der Waals surface area contributed by atoms with Crippen LogP contribution in [-0.4, -0.2) is 35.4 Å². The summed E-state index contributed by atoms with van der Waals surface area (Å²) in [4.78, 5) is 24.6. The molecule has 0 aliphatic carbocycles. The number of aryl methyl sites for hydroxylation is 1. The molecule has 1 unspecified atom stereocenters. The van der Waals surface area contributed by atoms with Crippen LogP contribution in [0.5, 0.6) is 5.75 Å². The summed E-state index contributed by atoms with van der Waals surface area (Å²) >= 11 is 0.